The monoisotopic (exact) mass is 159 g/mol. The Labute approximate surface area is 66.5 Å². The van der Waals surface area contributed by atoms with Crippen molar-refractivity contribution < 1.29 is 9.18 Å². The van der Waals surface area contributed by atoms with E-state index in [1.54, 1.807) is 0 Å². The highest BCUT2D eigenvalue weighted by molar-refractivity contribution is 5.93. The molecule has 3 heteroatoms. The van der Waals surface area contributed by atoms with Crippen LogP contribution in [-0.2, 0) is 4.79 Å². The fourth-order valence-electron chi connectivity index (χ4n) is 0.528. The molecular formula is C8H14FNO. The lowest BCUT2D eigenvalue weighted by Crippen LogP contribution is -2.24. The Balaban J connectivity index is 3.95. The summed E-state index contributed by atoms with van der Waals surface area (Å²) in [5.74, 6) is -0.731. The summed E-state index contributed by atoms with van der Waals surface area (Å²) in [5.41, 5.74) is 0.165. The van der Waals surface area contributed by atoms with Crippen LogP contribution >= 0.6 is 0 Å². The fourth-order valence-corrected chi connectivity index (χ4v) is 0.528. The number of hydrogen-bond acceptors (Lipinski definition) is 1. The molecule has 0 aliphatic rings. The number of allylic oxidation sites excluding steroid dienone is 1. The number of hydrogen-bond donors (Lipinski definition) is 1. The fraction of sp³-hybridized carbons (Fsp3) is 0.625. The number of amides is 1. The molecule has 0 saturated heterocycles. The summed E-state index contributed by atoms with van der Waals surface area (Å²) in [6.45, 7) is 5.30. The summed E-state index contributed by atoms with van der Waals surface area (Å²) >= 11 is 0. The Morgan fingerprint density at radius 1 is 1.45 bits per heavy atom. The molecule has 0 spiro atoms. The van der Waals surface area contributed by atoms with Gasteiger partial charge in [0.1, 0.15) is 5.83 Å². The largest absolute Gasteiger partial charge is 0.352 e. The topological polar surface area (TPSA) is 29.1 Å². The zero-order valence-corrected chi connectivity index (χ0v) is 7.20. The van der Waals surface area contributed by atoms with Crippen LogP contribution in [0.2, 0.25) is 0 Å². The lowest BCUT2D eigenvalue weighted by molar-refractivity contribution is -0.117. The highest BCUT2D eigenvalue weighted by Crippen LogP contribution is 2.03. The van der Waals surface area contributed by atoms with Gasteiger partial charge in [-0.25, -0.2) is 4.39 Å². The van der Waals surface area contributed by atoms with Crippen LogP contribution in [0.4, 0.5) is 4.39 Å². The molecule has 0 rings (SSSR count). The van der Waals surface area contributed by atoms with Crippen LogP contribution < -0.4 is 5.32 Å². The highest BCUT2D eigenvalue weighted by Gasteiger charge is 2.05. The maximum Gasteiger partial charge on any atom is 0.249 e. The first-order valence-corrected chi connectivity index (χ1v) is 3.70. The first kappa shape index (κ1) is 10.1. The molecule has 0 fully saturated rings. The van der Waals surface area contributed by atoms with Crippen molar-refractivity contribution in [2.45, 2.75) is 27.2 Å². The van der Waals surface area contributed by atoms with Crippen molar-refractivity contribution in [3.05, 3.63) is 11.4 Å². The quantitative estimate of drug-likeness (QED) is 0.625. The standard InChI is InChI=1S/C8H14FNO/c1-4-5-10-8(11)6(2)7(3)9/h4-5H2,1-3H3,(H,10,11)/b7-6-. The molecule has 64 valence electrons. The molecule has 0 heterocycles. The van der Waals surface area contributed by atoms with Gasteiger partial charge in [-0.2, -0.15) is 0 Å². The Hall–Kier alpha value is -0.860. The van der Waals surface area contributed by atoms with Gasteiger partial charge in [0, 0.05) is 12.1 Å². The van der Waals surface area contributed by atoms with Gasteiger partial charge in [0.15, 0.2) is 0 Å². The lowest BCUT2D eigenvalue weighted by Gasteiger charge is -2.02. The maximum atomic E-state index is 12.4. The van der Waals surface area contributed by atoms with Crippen molar-refractivity contribution in [3.63, 3.8) is 0 Å². The third-order valence-electron chi connectivity index (χ3n) is 1.39. The Morgan fingerprint density at radius 2 is 2.00 bits per heavy atom. The van der Waals surface area contributed by atoms with Gasteiger partial charge in [-0.1, -0.05) is 6.92 Å². The van der Waals surface area contributed by atoms with Crippen molar-refractivity contribution in [1.82, 2.24) is 5.32 Å². The highest BCUT2D eigenvalue weighted by atomic mass is 19.1. The third kappa shape index (κ3) is 3.75. The molecule has 2 nitrogen and oxygen atoms in total. The van der Waals surface area contributed by atoms with E-state index < -0.39 is 5.83 Å². The van der Waals surface area contributed by atoms with Crippen LogP contribution in [-0.4, -0.2) is 12.5 Å². The molecule has 11 heavy (non-hydrogen) atoms. The van der Waals surface area contributed by atoms with Gasteiger partial charge >= 0.3 is 0 Å². The van der Waals surface area contributed by atoms with E-state index in [9.17, 15) is 9.18 Å². The average Bonchev–Trinajstić information content (AvgIpc) is 1.98. The molecule has 0 aromatic carbocycles. The van der Waals surface area contributed by atoms with E-state index in [-0.39, 0.29) is 11.5 Å². The molecule has 0 saturated carbocycles. The van der Waals surface area contributed by atoms with E-state index in [1.165, 1.54) is 13.8 Å². The van der Waals surface area contributed by atoms with Gasteiger partial charge in [0.2, 0.25) is 5.91 Å². The van der Waals surface area contributed by atoms with Crippen molar-refractivity contribution in [2.75, 3.05) is 6.54 Å². The minimum Gasteiger partial charge on any atom is -0.352 e. The Kier molecular flexibility index (Phi) is 4.50. The molecule has 0 aromatic heterocycles. The molecule has 0 aromatic rings. The Bertz CT molecular complexity index is 171. The van der Waals surface area contributed by atoms with Crippen molar-refractivity contribution in [3.8, 4) is 0 Å². The molecule has 0 aliphatic heterocycles. The van der Waals surface area contributed by atoms with E-state index in [1.807, 2.05) is 6.92 Å². The van der Waals surface area contributed by atoms with Crippen molar-refractivity contribution in [2.24, 2.45) is 0 Å². The smallest absolute Gasteiger partial charge is 0.249 e. The predicted octanol–water partition coefficient (Wildman–Crippen LogP) is 1.78. The van der Waals surface area contributed by atoms with Crippen LogP contribution in [0.1, 0.15) is 27.2 Å². The first-order chi connectivity index (χ1) is 5.09. The maximum absolute atomic E-state index is 12.4. The van der Waals surface area contributed by atoms with Crippen molar-refractivity contribution in [1.29, 1.82) is 0 Å². The summed E-state index contributed by atoms with van der Waals surface area (Å²) in [6.07, 6.45) is 0.865. The van der Waals surface area contributed by atoms with Gasteiger partial charge in [-0.3, -0.25) is 4.79 Å². The van der Waals surface area contributed by atoms with Gasteiger partial charge in [0.25, 0.3) is 0 Å². The van der Waals surface area contributed by atoms with E-state index in [0.717, 1.165) is 6.42 Å². The number of carbonyl (C=O) groups excluding carboxylic acids is 1. The SMILES string of the molecule is CCCNC(=O)/C(C)=C(/C)F. The van der Waals surface area contributed by atoms with Gasteiger partial charge in [-0.05, 0) is 20.3 Å². The van der Waals surface area contributed by atoms with E-state index in [4.69, 9.17) is 0 Å². The minimum absolute atomic E-state index is 0.165. The summed E-state index contributed by atoms with van der Waals surface area (Å²) in [4.78, 5) is 10.9. The number of nitrogens with one attached hydrogen (secondary N) is 1. The molecule has 0 bridgehead atoms. The molecule has 0 atom stereocenters. The second kappa shape index (κ2) is 4.88. The van der Waals surface area contributed by atoms with Crippen LogP contribution in [0.25, 0.3) is 0 Å². The van der Waals surface area contributed by atoms with Gasteiger partial charge in [-0.15, -0.1) is 0 Å². The van der Waals surface area contributed by atoms with Gasteiger partial charge in [0.05, 0.1) is 0 Å². The van der Waals surface area contributed by atoms with Crippen molar-refractivity contribution >= 4 is 5.91 Å². The Morgan fingerprint density at radius 3 is 2.36 bits per heavy atom. The second-order valence-corrected chi connectivity index (χ2v) is 2.41. The lowest BCUT2D eigenvalue weighted by atomic mass is 10.2. The molecule has 0 unspecified atom stereocenters. The van der Waals surface area contributed by atoms with Crippen LogP contribution in [0.15, 0.2) is 11.4 Å². The van der Waals surface area contributed by atoms with Crippen LogP contribution in [0.5, 0.6) is 0 Å². The zero-order chi connectivity index (χ0) is 8.85. The molecule has 0 aliphatic carbocycles. The van der Waals surface area contributed by atoms with E-state index in [0.29, 0.717) is 6.54 Å². The number of halogens is 1. The predicted molar refractivity (Wildman–Crippen MR) is 42.8 cm³/mol. The number of rotatable bonds is 3. The molecule has 1 amide bonds. The van der Waals surface area contributed by atoms with Gasteiger partial charge < -0.3 is 5.32 Å². The molecule has 1 N–H and O–H groups in total. The minimum atomic E-state index is -0.418. The van der Waals surface area contributed by atoms with E-state index >= 15 is 0 Å². The summed E-state index contributed by atoms with van der Waals surface area (Å²) < 4.78 is 12.4. The van der Waals surface area contributed by atoms with Crippen LogP contribution in [0, 0.1) is 0 Å². The summed E-state index contributed by atoms with van der Waals surface area (Å²) in [6, 6.07) is 0. The summed E-state index contributed by atoms with van der Waals surface area (Å²) in [5, 5.41) is 2.58. The zero-order valence-electron chi connectivity index (χ0n) is 7.20. The normalized spacial score (nSPS) is 12.4. The first-order valence-electron chi connectivity index (χ1n) is 3.70. The van der Waals surface area contributed by atoms with Crippen LogP contribution in [0.3, 0.4) is 0 Å². The number of carbonyl (C=O) groups is 1. The average molecular weight is 159 g/mol. The molecule has 0 radical (unpaired) electrons. The summed E-state index contributed by atoms with van der Waals surface area (Å²) in [7, 11) is 0. The molecular weight excluding hydrogens is 145 g/mol. The third-order valence-corrected chi connectivity index (χ3v) is 1.39. The second-order valence-electron chi connectivity index (χ2n) is 2.41. The van der Waals surface area contributed by atoms with E-state index in [2.05, 4.69) is 5.32 Å².